The lowest BCUT2D eigenvalue weighted by Gasteiger charge is -2.31. The standard InChI is InChI=1S/C46H79NO7/c1-6-8-10-12-14-16-18-20-22-23-25-27-29-31-33-35-37-45(49)54-42(40-52-39-38-43(46(50)51)47(3,4)5)41-53-44(48)36-34-32-30-28-26-24-21-19-17-15-13-11-9-7-2/h8,10,14,16,20,22,24-27,42-43H,6-7,9,11-13,15,17-19,21,23,28-41H2,1-5H3/p+1/b10-8+,16-14+,22-20+,26-24+,27-25+. The summed E-state index contributed by atoms with van der Waals surface area (Å²) in [4.78, 5) is 36.9. The molecule has 2 unspecified atom stereocenters. The van der Waals surface area contributed by atoms with E-state index in [0.717, 1.165) is 83.5 Å². The van der Waals surface area contributed by atoms with Gasteiger partial charge in [-0.05, 0) is 77.0 Å². The normalized spacial score (nSPS) is 13.6. The summed E-state index contributed by atoms with van der Waals surface area (Å²) in [5.41, 5.74) is 0. The summed E-state index contributed by atoms with van der Waals surface area (Å²) in [5, 5.41) is 9.61. The number of rotatable bonds is 37. The highest BCUT2D eigenvalue weighted by Crippen LogP contribution is 2.12. The molecule has 0 aromatic carbocycles. The van der Waals surface area contributed by atoms with Crippen LogP contribution in [0.3, 0.4) is 0 Å². The summed E-state index contributed by atoms with van der Waals surface area (Å²) in [5.74, 6) is -1.53. The number of likely N-dealkylation sites (N-methyl/N-ethyl adjacent to an activating group) is 1. The molecule has 0 bridgehead atoms. The van der Waals surface area contributed by atoms with Gasteiger partial charge in [-0.3, -0.25) is 9.59 Å². The molecule has 8 nitrogen and oxygen atoms in total. The second kappa shape index (κ2) is 37.0. The van der Waals surface area contributed by atoms with E-state index < -0.39 is 18.1 Å². The fourth-order valence-corrected chi connectivity index (χ4v) is 5.84. The number of nitrogens with zero attached hydrogens (tertiary/aromatic N) is 1. The zero-order valence-corrected chi connectivity index (χ0v) is 35.2. The molecule has 0 saturated heterocycles. The van der Waals surface area contributed by atoms with Crippen LogP contribution in [0, 0.1) is 0 Å². The number of aliphatic carboxylic acids is 1. The van der Waals surface area contributed by atoms with Crippen LogP contribution in [-0.4, -0.2) is 80.6 Å². The van der Waals surface area contributed by atoms with Crippen LogP contribution in [0.15, 0.2) is 60.8 Å². The van der Waals surface area contributed by atoms with E-state index in [0.29, 0.717) is 12.8 Å². The smallest absolute Gasteiger partial charge is 0.362 e. The first-order valence-corrected chi connectivity index (χ1v) is 21.3. The van der Waals surface area contributed by atoms with Crippen LogP contribution in [0.4, 0.5) is 0 Å². The van der Waals surface area contributed by atoms with E-state index in [9.17, 15) is 19.5 Å². The van der Waals surface area contributed by atoms with E-state index in [1.807, 2.05) is 21.1 Å². The first kappa shape index (κ1) is 51.0. The Morgan fingerprint density at radius 1 is 0.574 bits per heavy atom. The maximum absolute atomic E-state index is 12.7. The van der Waals surface area contributed by atoms with Gasteiger partial charge in [0, 0.05) is 19.3 Å². The molecule has 0 fully saturated rings. The first-order valence-electron chi connectivity index (χ1n) is 21.3. The van der Waals surface area contributed by atoms with Gasteiger partial charge in [-0.15, -0.1) is 0 Å². The Kier molecular flexibility index (Phi) is 34.9. The Morgan fingerprint density at radius 2 is 1.04 bits per heavy atom. The second-order valence-corrected chi connectivity index (χ2v) is 15.2. The average Bonchev–Trinajstić information content (AvgIpc) is 3.12. The summed E-state index contributed by atoms with van der Waals surface area (Å²) in [7, 11) is 5.50. The number of carbonyl (C=O) groups excluding carboxylic acids is 2. The molecule has 0 aromatic heterocycles. The number of esters is 2. The van der Waals surface area contributed by atoms with E-state index in [-0.39, 0.29) is 42.7 Å². The molecular weight excluding hydrogens is 679 g/mol. The molecule has 8 heteroatoms. The lowest BCUT2D eigenvalue weighted by atomic mass is 10.1. The van der Waals surface area contributed by atoms with E-state index in [2.05, 4.69) is 74.6 Å². The minimum absolute atomic E-state index is 0.0412. The molecule has 0 amide bonds. The molecule has 0 spiro atoms. The van der Waals surface area contributed by atoms with Crippen LogP contribution in [0.5, 0.6) is 0 Å². The monoisotopic (exact) mass is 759 g/mol. The number of carboxylic acids is 1. The molecule has 0 rings (SSSR count). The van der Waals surface area contributed by atoms with Crippen LogP contribution in [-0.2, 0) is 28.6 Å². The predicted molar refractivity (Wildman–Crippen MR) is 224 cm³/mol. The molecule has 0 aromatic rings. The minimum Gasteiger partial charge on any atom is -0.477 e. The van der Waals surface area contributed by atoms with Crippen molar-refractivity contribution in [2.75, 3.05) is 41.0 Å². The average molecular weight is 759 g/mol. The molecular formula is C46H80NO7+. The van der Waals surface area contributed by atoms with Crippen molar-refractivity contribution in [1.82, 2.24) is 0 Å². The molecule has 0 radical (unpaired) electrons. The molecule has 310 valence electrons. The van der Waals surface area contributed by atoms with Gasteiger partial charge in [0.1, 0.15) is 6.61 Å². The van der Waals surface area contributed by atoms with E-state index >= 15 is 0 Å². The highest BCUT2D eigenvalue weighted by Gasteiger charge is 2.31. The molecule has 0 aliphatic carbocycles. The molecule has 0 aliphatic heterocycles. The van der Waals surface area contributed by atoms with Crippen molar-refractivity contribution in [3.8, 4) is 0 Å². The second-order valence-electron chi connectivity index (χ2n) is 15.2. The van der Waals surface area contributed by atoms with E-state index in [4.69, 9.17) is 14.2 Å². The fraction of sp³-hybridized carbons (Fsp3) is 0.717. The van der Waals surface area contributed by atoms with Gasteiger partial charge in [0.15, 0.2) is 12.1 Å². The van der Waals surface area contributed by atoms with Gasteiger partial charge >= 0.3 is 17.9 Å². The van der Waals surface area contributed by atoms with Crippen molar-refractivity contribution in [1.29, 1.82) is 0 Å². The largest absolute Gasteiger partial charge is 0.477 e. The summed E-state index contributed by atoms with van der Waals surface area (Å²) in [6.07, 6.45) is 44.1. The number of carbonyl (C=O) groups is 3. The quantitative estimate of drug-likeness (QED) is 0.0291. The molecule has 2 atom stereocenters. The van der Waals surface area contributed by atoms with Gasteiger partial charge in [0.25, 0.3) is 0 Å². The Hall–Kier alpha value is -2.97. The minimum atomic E-state index is -0.885. The van der Waals surface area contributed by atoms with Crippen molar-refractivity contribution in [2.24, 2.45) is 0 Å². The van der Waals surface area contributed by atoms with Crippen LogP contribution >= 0.6 is 0 Å². The van der Waals surface area contributed by atoms with Crippen molar-refractivity contribution < 1.29 is 38.2 Å². The third kappa shape index (κ3) is 34.8. The number of allylic oxidation sites excluding steroid dienone is 10. The zero-order chi connectivity index (χ0) is 40.0. The number of quaternary nitrogens is 1. The third-order valence-electron chi connectivity index (χ3n) is 9.15. The summed E-state index contributed by atoms with van der Waals surface area (Å²) in [6, 6.07) is -0.624. The van der Waals surface area contributed by atoms with Gasteiger partial charge in [-0.1, -0.05) is 126 Å². The van der Waals surface area contributed by atoms with E-state index in [1.165, 1.54) is 44.9 Å². The maximum atomic E-state index is 12.7. The highest BCUT2D eigenvalue weighted by molar-refractivity contribution is 5.72. The molecule has 54 heavy (non-hydrogen) atoms. The van der Waals surface area contributed by atoms with Crippen LogP contribution in [0.1, 0.15) is 162 Å². The third-order valence-corrected chi connectivity index (χ3v) is 9.15. The lowest BCUT2D eigenvalue weighted by Crippen LogP contribution is -2.50. The predicted octanol–water partition coefficient (Wildman–Crippen LogP) is 11.4. The number of ether oxygens (including phenoxy) is 3. The SMILES string of the molecule is CC/C=C/C/C=C/C/C=C/C/C=C/CCCCCC(=O)OC(COCCC(C(=O)O)[N+](C)(C)C)COC(=O)CCCCC/C=C/CCCCCCCCC. The van der Waals surface area contributed by atoms with E-state index in [1.54, 1.807) is 0 Å². The number of hydrogen-bond acceptors (Lipinski definition) is 6. The Labute approximate surface area is 330 Å². The van der Waals surface area contributed by atoms with Gasteiger partial charge in [0.2, 0.25) is 0 Å². The van der Waals surface area contributed by atoms with Gasteiger partial charge in [0.05, 0.1) is 34.4 Å². The number of hydrogen-bond donors (Lipinski definition) is 1. The Bertz CT molecular complexity index is 1070. The van der Waals surface area contributed by atoms with Crippen LogP contribution in [0.2, 0.25) is 0 Å². The number of carboxylic acid groups (broad SMARTS) is 1. The van der Waals surface area contributed by atoms with Gasteiger partial charge in [-0.2, -0.15) is 0 Å². The molecule has 0 aliphatic rings. The zero-order valence-electron chi connectivity index (χ0n) is 35.2. The summed E-state index contributed by atoms with van der Waals surface area (Å²) in [6.45, 7) is 4.55. The number of unbranched alkanes of at least 4 members (excludes halogenated alkanes) is 13. The maximum Gasteiger partial charge on any atom is 0.362 e. The van der Waals surface area contributed by atoms with Crippen molar-refractivity contribution in [2.45, 2.75) is 174 Å². The topological polar surface area (TPSA) is 99.1 Å². The lowest BCUT2D eigenvalue weighted by molar-refractivity contribution is -0.887. The first-order chi connectivity index (χ1) is 26.1. The summed E-state index contributed by atoms with van der Waals surface area (Å²) >= 11 is 0. The van der Waals surface area contributed by atoms with Crippen LogP contribution in [0.25, 0.3) is 0 Å². The van der Waals surface area contributed by atoms with Crippen molar-refractivity contribution in [3.63, 3.8) is 0 Å². The molecule has 1 N–H and O–H groups in total. The van der Waals surface area contributed by atoms with Crippen LogP contribution < -0.4 is 0 Å². The molecule has 0 saturated carbocycles. The van der Waals surface area contributed by atoms with Gasteiger partial charge < -0.3 is 23.8 Å². The Morgan fingerprint density at radius 3 is 1.56 bits per heavy atom. The molecule has 0 heterocycles. The summed E-state index contributed by atoms with van der Waals surface area (Å²) < 4.78 is 17.2. The Balaban J connectivity index is 4.46. The fourth-order valence-electron chi connectivity index (χ4n) is 5.84. The highest BCUT2D eigenvalue weighted by atomic mass is 16.6. The van der Waals surface area contributed by atoms with Gasteiger partial charge in [-0.25, -0.2) is 4.79 Å². The van der Waals surface area contributed by atoms with Crippen molar-refractivity contribution >= 4 is 17.9 Å². The van der Waals surface area contributed by atoms with Crippen molar-refractivity contribution in [3.05, 3.63) is 60.8 Å².